The number of hydrogen-bond acceptors (Lipinski definition) is 5. The summed E-state index contributed by atoms with van der Waals surface area (Å²) in [6, 6.07) is 9.91. The Hall–Kier alpha value is -3.39. The van der Waals surface area contributed by atoms with Gasteiger partial charge in [-0.2, -0.15) is 0 Å². The van der Waals surface area contributed by atoms with Crippen molar-refractivity contribution < 1.29 is 19.6 Å². The van der Waals surface area contributed by atoms with Gasteiger partial charge in [-0.05, 0) is 35.9 Å². The molecular weight excluding hydrogens is 350 g/mol. The van der Waals surface area contributed by atoms with E-state index in [2.05, 4.69) is 5.43 Å². The maximum atomic E-state index is 12.5. The van der Waals surface area contributed by atoms with Crippen molar-refractivity contribution in [2.24, 2.45) is 0 Å². The van der Waals surface area contributed by atoms with Gasteiger partial charge in [0.1, 0.15) is 5.57 Å². The Kier molecular flexibility index (Phi) is 4.12. The van der Waals surface area contributed by atoms with Crippen LogP contribution in [0.5, 0.6) is 5.75 Å². The molecule has 126 valence electrons. The number of nitro benzene ring substituents is 1. The Labute approximate surface area is 146 Å². The number of carbonyl (C=O) groups excluding carboxylic acids is 2. The van der Waals surface area contributed by atoms with E-state index in [0.29, 0.717) is 10.7 Å². The van der Waals surface area contributed by atoms with Crippen LogP contribution in [-0.4, -0.2) is 21.8 Å². The van der Waals surface area contributed by atoms with E-state index in [4.69, 9.17) is 11.6 Å². The van der Waals surface area contributed by atoms with Crippen molar-refractivity contribution in [3.8, 4) is 5.75 Å². The number of halogens is 1. The van der Waals surface area contributed by atoms with Gasteiger partial charge in [0.2, 0.25) is 0 Å². The molecule has 0 aliphatic carbocycles. The average Bonchev–Trinajstić information content (AvgIpc) is 2.84. The number of rotatable bonds is 3. The maximum Gasteiger partial charge on any atom is 0.311 e. The largest absolute Gasteiger partial charge is 0.502 e. The molecule has 9 heteroatoms. The third kappa shape index (κ3) is 3.15. The quantitative estimate of drug-likeness (QED) is 0.378. The smallest absolute Gasteiger partial charge is 0.311 e. The standard InChI is InChI=1S/C16H10ClN3O5/c17-10-2-1-3-11(8-10)19-16(23)12(15(22)18-19)6-9-4-5-14(21)13(7-9)20(24)25/h1-8,21H,(H,18,22)/b12-6+. The molecule has 2 amide bonds. The third-order valence-corrected chi connectivity index (χ3v) is 3.70. The fourth-order valence-corrected chi connectivity index (χ4v) is 2.48. The second-order valence-corrected chi connectivity index (χ2v) is 5.56. The number of amides is 2. The predicted octanol–water partition coefficient (Wildman–Crippen LogP) is 2.42. The zero-order valence-corrected chi connectivity index (χ0v) is 13.2. The minimum atomic E-state index is -0.758. The molecule has 3 rings (SSSR count). The monoisotopic (exact) mass is 359 g/mol. The van der Waals surface area contributed by atoms with Crippen LogP contribution in [0, 0.1) is 10.1 Å². The normalized spacial score (nSPS) is 15.6. The van der Waals surface area contributed by atoms with Crippen molar-refractivity contribution in [3.63, 3.8) is 0 Å². The molecule has 0 radical (unpaired) electrons. The van der Waals surface area contributed by atoms with Gasteiger partial charge in [-0.1, -0.05) is 23.7 Å². The van der Waals surface area contributed by atoms with Crippen LogP contribution in [-0.2, 0) is 9.59 Å². The molecule has 0 spiro atoms. The van der Waals surface area contributed by atoms with E-state index in [9.17, 15) is 24.8 Å². The number of phenols is 1. The van der Waals surface area contributed by atoms with E-state index in [1.807, 2.05) is 0 Å². The first-order chi connectivity index (χ1) is 11.9. The summed E-state index contributed by atoms with van der Waals surface area (Å²) in [4.78, 5) is 34.7. The molecule has 1 heterocycles. The number of benzene rings is 2. The third-order valence-electron chi connectivity index (χ3n) is 3.47. The Morgan fingerprint density at radius 3 is 2.64 bits per heavy atom. The molecule has 0 aromatic heterocycles. The van der Waals surface area contributed by atoms with Crippen molar-refractivity contribution in [1.82, 2.24) is 5.43 Å². The molecule has 0 bridgehead atoms. The molecule has 1 aliphatic rings. The number of nitrogens with one attached hydrogen (secondary N) is 1. The van der Waals surface area contributed by atoms with Gasteiger partial charge in [-0.25, -0.2) is 5.01 Å². The lowest BCUT2D eigenvalue weighted by molar-refractivity contribution is -0.385. The van der Waals surface area contributed by atoms with E-state index in [0.717, 1.165) is 17.1 Å². The molecule has 2 N–H and O–H groups in total. The van der Waals surface area contributed by atoms with Crippen molar-refractivity contribution in [2.75, 3.05) is 5.01 Å². The first kappa shape index (κ1) is 16.5. The molecule has 1 aliphatic heterocycles. The first-order valence-corrected chi connectivity index (χ1v) is 7.35. The van der Waals surface area contributed by atoms with Crippen LogP contribution in [0.4, 0.5) is 11.4 Å². The number of aromatic hydroxyl groups is 1. The highest BCUT2D eigenvalue weighted by molar-refractivity contribution is 6.33. The highest BCUT2D eigenvalue weighted by Crippen LogP contribution is 2.28. The van der Waals surface area contributed by atoms with Crippen LogP contribution >= 0.6 is 11.6 Å². The van der Waals surface area contributed by atoms with Crippen LogP contribution in [0.25, 0.3) is 6.08 Å². The second-order valence-electron chi connectivity index (χ2n) is 5.12. The van der Waals surface area contributed by atoms with Crippen LogP contribution in [0.15, 0.2) is 48.0 Å². The fraction of sp³-hybridized carbons (Fsp3) is 0. The van der Waals surface area contributed by atoms with Gasteiger partial charge in [0.25, 0.3) is 11.8 Å². The minimum absolute atomic E-state index is 0.194. The Morgan fingerprint density at radius 1 is 1.20 bits per heavy atom. The van der Waals surface area contributed by atoms with Crippen LogP contribution in [0.3, 0.4) is 0 Å². The minimum Gasteiger partial charge on any atom is -0.502 e. The van der Waals surface area contributed by atoms with E-state index in [-0.39, 0.29) is 11.1 Å². The summed E-state index contributed by atoms with van der Waals surface area (Å²) < 4.78 is 0. The molecule has 8 nitrogen and oxygen atoms in total. The predicted molar refractivity (Wildman–Crippen MR) is 89.8 cm³/mol. The summed E-state index contributed by atoms with van der Waals surface area (Å²) in [5, 5.41) is 21.8. The summed E-state index contributed by atoms with van der Waals surface area (Å²) in [6.45, 7) is 0. The lowest BCUT2D eigenvalue weighted by Crippen LogP contribution is -2.35. The number of phenolic OH excluding ortho intramolecular Hbond substituents is 1. The lowest BCUT2D eigenvalue weighted by atomic mass is 10.1. The topological polar surface area (TPSA) is 113 Å². The molecule has 0 saturated carbocycles. The number of carbonyl (C=O) groups is 2. The van der Waals surface area contributed by atoms with Crippen molar-refractivity contribution in [1.29, 1.82) is 0 Å². The summed E-state index contributed by atoms with van der Waals surface area (Å²) >= 11 is 5.88. The SMILES string of the molecule is O=C1NN(c2cccc(Cl)c2)C(=O)/C1=C/c1ccc(O)c([N+](=O)[O-])c1. The summed E-state index contributed by atoms with van der Waals surface area (Å²) in [6.07, 6.45) is 1.22. The maximum absolute atomic E-state index is 12.5. The van der Waals surface area contributed by atoms with Gasteiger partial charge in [-0.15, -0.1) is 0 Å². The van der Waals surface area contributed by atoms with Crippen LogP contribution < -0.4 is 10.4 Å². The molecule has 2 aromatic carbocycles. The zero-order valence-electron chi connectivity index (χ0n) is 12.5. The molecule has 25 heavy (non-hydrogen) atoms. The van der Waals surface area contributed by atoms with E-state index in [1.165, 1.54) is 18.2 Å². The summed E-state index contributed by atoms with van der Waals surface area (Å²) in [7, 11) is 0. The van der Waals surface area contributed by atoms with Crippen molar-refractivity contribution >= 4 is 40.9 Å². The average molecular weight is 360 g/mol. The Bertz CT molecular complexity index is 941. The first-order valence-electron chi connectivity index (χ1n) is 6.97. The number of nitrogens with zero attached hydrogens (tertiary/aromatic N) is 2. The van der Waals surface area contributed by atoms with Crippen LogP contribution in [0.2, 0.25) is 5.02 Å². The Balaban J connectivity index is 1.97. The van der Waals surface area contributed by atoms with Gasteiger partial charge >= 0.3 is 5.69 Å². The molecule has 1 saturated heterocycles. The Morgan fingerprint density at radius 2 is 1.96 bits per heavy atom. The zero-order chi connectivity index (χ0) is 18.1. The van der Waals surface area contributed by atoms with Gasteiger partial charge < -0.3 is 5.11 Å². The van der Waals surface area contributed by atoms with E-state index >= 15 is 0 Å². The lowest BCUT2D eigenvalue weighted by Gasteiger charge is -2.14. The van der Waals surface area contributed by atoms with E-state index in [1.54, 1.807) is 18.2 Å². The number of hydrogen-bond donors (Lipinski definition) is 2. The number of nitro groups is 1. The molecule has 0 atom stereocenters. The van der Waals surface area contributed by atoms with E-state index < -0.39 is 28.2 Å². The van der Waals surface area contributed by atoms with Crippen LogP contribution in [0.1, 0.15) is 5.56 Å². The van der Waals surface area contributed by atoms with Gasteiger partial charge in [-0.3, -0.25) is 25.1 Å². The van der Waals surface area contributed by atoms with Crippen molar-refractivity contribution in [2.45, 2.75) is 0 Å². The number of hydrazine groups is 1. The number of anilines is 1. The molecular formula is C16H10ClN3O5. The highest BCUT2D eigenvalue weighted by Gasteiger charge is 2.34. The molecule has 0 unspecified atom stereocenters. The van der Waals surface area contributed by atoms with Gasteiger partial charge in [0.05, 0.1) is 10.6 Å². The molecule has 2 aromatic rings. The molecule has 1 fully saturated rings. The van der Waals surface area contributed by atoms with Crippen molar-refractivity contribution in [3.05, 3.63) is 68.7 Å². The fourth-order valence-electron chi connectivity index (χ4n) is 2.30. The second kappa shape index (κ2) is 6.25. The van der Waals surface area contributed by atoms with Gasteiger partial charge in [0, 0.05) is 11.1 Å². The highest BCUT2D eigenvalue weighted by atomic mass is 35.5. The summed E-state index contributed by atoms with van der Waals surface area (Å²) in [5.41, 5.74) is 2.30. The summed E-state index contributed by atoms with van der Waals surface area (Å²) in [5.74, 6) is -1.78. The van der Waals surface area contributed by atoms with Gasteiger partial charge in [0.15, 0.2) is 5.75 Å².